The molecule has 0 aliphatic heterocycles. The summed E-state index contributed by atoms with van der Waals surface area (Å²) in [5, 5.41) is 0. The number of rotatable bonds is 3. The summed E-state index contributed by atoms with van der Waals surface area (Å²) in [6.07, 6.45) is 12.7. The summed E-state index contributed by atoms with van der Waals surface area (Å²) in [7, 11) is 0. The molecule has 3 nitrogen and oxygen atoms in total. The van der Waals surface area contributed by atoms with Gasteiger partial charge in [0.25, 0.3) is 0 Å². The van der Waals surface area contributed by atoms with Crippen LogP contribution in [0.5, 0.6) is 0 Å². The van der Waals surface area contributed by atoms with Gasteiger partial charge in [-0.25, -0.2) is 4.98 Å². The summed E-state index contributed by atoms with van der Waals surface area (Å²) in [4.78, 5) is 7.37. The molecule has 1 aromatic heterocycles. The molecule has 0 amide bonds. The fraction of sp³-hybridized carbons (Fsp3) is 0.750. The second-order valence-electron chi connectivity index (χ2n) is 4.66. The van der Waals surface area contributed by atoms with E-state index in [4.69, 9.17) is 5.73 Å². The third kappa shape index (κ3) is 3.06. The third-order valence-corrected chi connectivity index (χ3v) is 3.49. The Labute approximate surface area is 91.5 Å². The second-order valence-corrected chi connectivity index (χ2v) is 4.66. The lowest BCUT2D eigenvalue weighted by Crippen LogP contribution is -2.32. The lowest BCUT2D eigenvalue weighted by Gasteiger charge is -2.21. The second kappa shape index (κ2) is 5.31. The van der Waals surface area contributed by atoms with Gasteiger partial charge < -0.3 is 10.7 Å². The van der Waals surface area contributed by atoms with E-state index < -0.39 is 0 Å². The van der Waals surface area contributed by atoms with E-state index in [9.17, 15) is 0 Å². The molecule has 1 fully saturated rings. The lowest BCUT2D eigenvalue weighted by atomic mass is 9.90. The van der Waals surface area contributed by atoms with Crippen molar-refractivity contribution in [2.24, 2.45) is 11.7 Å². The van der Waals surface area contributed by atoms with Gasteiger partial charge in [-0.05, 0) is 18.8 Å². The van der Waals surface area contributed by atoms with Crippen LogP contribution in [0.1, 0.15) is 44.3 Å². The summed E-state index contributed by atoms with van der Waals surface area (Å²) in [5.41, 5.74) is 6.25. The minimum atomic E-state index is 0.286. The molecule has 84 valence electrons. The van der Waals surface area contributed by atoms with E-state index in [1.807, 2.05) is 6.20 Å². The first kappa shape index (κ1) is 10.7. The largest absolute Gasteiger partial charge is 0.349 e. The van der Waals surface area contributed by atoms with Crippen LogP contribution >= 0.6 is 0 Å². The van der Waals surface area contributed by atoms with Gasteiger partial charge in [0, 0.05) is 24.9 Å². The number of nitrogens with two attached hydrogens (primary N) is 1. The van der Waals surface area contributed by atoms with Crippen LogP contribution in [0.3, 0.4) is 0 Å². The molecule has 0 radical (unpaired) electrons. The van der Waals surface area contributed by atoms with Crippen LogP contribution in [0.25, 0.3) is 0 Å². The van der Waals surface area contributed by atoms with Crippen molar-refractivity contribution < 1.29 is 0 Å². The van der Waals surface area contributed by atoms with E-state index in [0.29, 0.717) is 5.92 Å². The van der Waals surface area contributed by atoms with Crippen LogP contribution in [0.2, 0.25) is 0 Å². The molecular formula is C12H21N3. The molecule has 3 heteroatoms. The highest BCUT2D eigenvalue weighted by molar-refractivity contribution is 4.92. The topological polar surface area (TPSA) is 54.7 Å². The molecule has 1 aliphatic carbocycles. The molecule has 3 N–H and O–H groups in total. The van der Waals surface area contributed by atoms with Crippen molar-refractivity contribution in [1.82, 2.24) is 9.97 Å². The van der Waals surface area contributed by atoms with E-state index in [2.05, 4.69) is 9.97 Å². The number of imidazole rings is 1. The summed E-state index contributed by atoms with van der Waals surface area (Å²) >= 11 is 0. The molecule has 0 aromatic carbocycles. The van der Waals surface area contributed by atoms with Gasteiger partial charge in [0.2, 0.25) is 0 Å². The monoisotopic (exact) mass is 207 g/mol. The Morgan fingerprint density at radius 2 is 2.07 bits per heavy atom. The van der Waals surface area contributed by atoms with Gasteiger partial charge in [0.1, 0.15) is 5.82 Å². The van der Waals surface area contributed by atoms with Gasteiger partial charge in [-0.15, -0.1) is 0 Å². The van der Waals surface area contributed by atoms with E-state index >= 15 is 0 Å². The highest BCUT2D eigenvalue weighted by atomic mass is 14.9. The third-order valence-electron chi connectivity index (χ3n) is 3.49. The molecular weight excluding hydrogens is 186 g/mol. The average Bonchev–Trinajstić information content (AvgIpc) is 2.58. The fourth-order valence-corrected chi connectivity index (χ4v) is 2.54. The Hall–Kier alpha value is -0.830. The molecule has 1 atom stereocenters. The zero-order chi connectivity index (χ0) is 10.5. The summed E-state index contributed by atoms with van der Waals surface area (Å²) in [5.74, 6) is 1.74. The number of nitrogens with one attached hydrogen (secondary N) is 1. The Morgan fingerprint density at radius 1 is 1.33 bits per heavy atom. The first-order valence-electron chi connectivity index (χ1n) is 6.10. The summed E-state index contributed by atoms with van der Waals surface area (Å²) in [6, 6.07) is 0.286. The summed E-state index contributed by atoms with van der Waals surface area (Å²) in [6.45, 7) is 0. The Balaban J connectivity index is 1.86. The van der Waals surface area contributed by atoms with Crippen LogP contribution in [-0.2, 0) is 6.42 Å². The SMILES string of the molecule is NC(Cc1ncc[nH]1)C1CCCCCC1. The lowest BCUT2D eigenvalue weighted by molar-refractivity contribution is 0.369. The molecule has 0 saturated heterocycles. The molecule has 1 saturated carbocycles. The van der Waals surface area contributed by atoms with Gasteiger partial charge in [-0.2, -0.15) is 0 Å². The fourth-order valence-electron chi connectivity index (χ4n) is 2.54. The zero-order valence-electron chi connectivity index (χ0n) is 9.28. The van der Waals surface area contributed by atoms with Crippen molar-refractivity contribution in [3.8, 4) is 0 Å². The van der Waals surface area contributed by atoms with Crippen molar-refractivity contribution in [3.63, 3.8) is 0 Å². The predicted molar refractivity (Wildman–Crippen MR) is 61.5 cm³/mol. The molecule has 2 rings (SSSR count). The number of hydrogen-bond acceptors (Lipinski definition) is 2. The standard InChI is InChI=1S/C12H21N3/c13-11(9-12-14-7-8-15-12)10-5-3-1-2-4-6-10/h7-8,10-11H,1-6,9,13H2,(H,14,15). The zero-order valence-corrected chi connectivity index (χ0v) is 9.28. The van der Waals surface area contributed by atoms with Gasteiger partial charge in [-0.1, -0.05) is 25.7 Å². The van der Waals surface area contributed by atoms with Crippen molar-refractivity contribution in [2.45, 2.75) is 51.0 Å². The maximum Gasteiger partial charge on any atom is 0.107 e. The highest BCUT2D eigenvalue weighted by Gasteiger charge is 2.20. The minimum Gasteiger partial charge on any atom is -0.349 e. The highest BCUT2D eigenvalue weighted by Crippen LogP contribution is 2.25. The van der Waals surface area contributed by atoms with Crippen molar-refractivity contribution in [2.75, 3.05) is 0 Å². The van der Waals surface area contributed by atoms with Gasteiger partial charge >= 0.3 is 0 Å². The van der Waals surface area contributed by atoms with E-state index in [1.165, 1.54) is 38.5 Å². The van der Waals surface area contributed by atoms with Gasteiger partial charge in [0.15, 0.2) is 0 Å². The number of aromatic amines is 1. The number of aromatic nitrogens is 2. The average molecular weight is 207 g/mol. The Bertz CT molecular complexity index is 260. The predicted octanol–water partition coefficient (Wildman–Crippen LogP) is 2.25. The smallest absolute Gasteiger partial charge is 0.107 e. The Kier molecular flexibility index (Phi) is 3.78. The molecule has 0 bridgehead atoms. The normalized spacial score (nSPS) is 21.1. The van der Waals surface area contributed by atoms with E-state index in [1.54, 1.807) is 6.20 Å². The van der Waals surface area contributed by atoms with Crippen LogP contribution < -0.4 is 5.73 Å². The molecule has 1 aromatic rings. The molecule has 1 heterocycles. The van der Waals surface area contributed by atoms with Gasteiger partial charge in [-0.3, -0.25) is 0 Å². The van der Waals surface area contributed by atoms with E-state index in [-0.39, 0.29) is 6.04 Å². The number of nitrogens with zero attached hydrogens (tertiary/aromatic N) is 1. The van der Waals surface area contributed by atoms with Crippen molar-refractivity contribution >= 4 is 0 Å². The maximum atomic E-state index is 6.25. The molecule has 1 unspecified atom stereocenters. The first-order valence-corrected chi connectivity index (χ1v) is 6.10. The first-order chi connectivity index (χ1) is 7.36. The maximum absolute atomic E-state index is 6.25. The molecule has 0 spiro atoms. The molecule has 1 aliphatic rings. The summed E-state index contributed by atoms with van der Waals surface area (Å²) < 4.78 is 0. The van der Waals surface area contributed by atoms with Crippen LogP contribution in [-0.4, -0.2) is 16.0 Å². The van der Waals surface area contributed by atoms with E-state index in [0.717, 1.165) is 12.2 Å². The van der Waals surface area contributed by atoms with Crippen LogP contribution in [0, 0.1) is 5.92 Å². The van der Waals surface area contributed by atoms with Crippen molar-refractivity contribution in [1.29, 1.82) is 0 Å². The van der Waals surface area contributed by atoms with Crippen molar-refractivity contribution in [3.05, 3.63) is 18.2 Å². The van der Waals surface area contributed by atoms with Crippen LogP contribution in [0.4, 0.5) is 0 Å². The van der Waals surface area contributed by atoms with Crippen LogP contribution in [0.15, 0.2) is 12.4 Å². The quantitative estimate of drug-likeness (QED) is 0.747. The Morgan fingerprint density at radius 3 is 2.67 bits per heavy atom. The number of H-pyrrole nitrogens is 1. The molecule has 15 heavy (non-hydrogen) atoms. The number of hydrogen-bond donors (Lipinski definition) is 2. The van der Waals surface area contributed by atoms with Gasteiger partial charge in [0.05, 0.1) is 0 Å². The minimum absolute atomic E-state index is 0.286.